The second-order valence-corrected chi connectivity index (χ2v) is 5.77. The van der Waals surface area contributed by atoms with Gasteiger partial charge in [0, 0.05) is 23.5 Å². The summed E-state index contributed by atoms with van der Waals surface area (Å²) in [6.45, 7) is 0. The quantitative estimate of drug-likeness (QED) is 0.639. The minimum Gasteiger partial charge on any atom is -0.339 e. The zero-order chi connectivity index (χ0) is 14.3. The SMILES string of the molecule is c1ccc(CSCCc2nc(-c3ccccc3)no2)cc1. The maximum Gasteiger partial charge on any atom is 0.227 e. The molecule has 1 aromatic heterocycles. The second-order valence-electron chi connectivity index (χ2n) is 4.67. The van der Waals surface area contributed by atoms with Crippen LogP contribution in [-0.4, -0.2) is 15.9 Å². The summed E-state index contributed by atoms with van der Waals surface area (Å²) in [4.78, 5) is 4.43. The van der Waals surface area contributed by atoms with Crippen LogP contribution in [0.2, 0.25) is 0 Å². The smallest absolute Gasteiger partial charge is 0.227 e. The molecule has 0 amide bonds. The molecule has 0 spiro atoms. The molecule has 3 nitrogen and oxygen atoms in total. The fourth-order valence-corrected chi connectivity index (χ4v) is 2.88. The van der Waals surface area contributed by atoms with Crippen molar-refractivity contribution in [2.75, 3.05) is 5.75 Å². The molecule has 0 aliphatic carbocycles. The van der Waals surface area contributed by atoms with E-state index < -0.39 is 0 Å². The highest BCUT2D eigenvalue weighted by atomic mass is 32.2. The van der Waals surface area contributed by atoms with E-state index in [0.717, 1.165) is 23.5 Å². The van der Waals surface area contributed by atoms with Gasteiger partial charge in [-0.3, -0.25) is 0 Å². The molecule has 0 aliphatic heterocycles. The first-order chi connectivity index (χ1) is 10.4. The van der Waals surface area contributed by atoms with E-state index >= 15 is 0 Å². The van der Waals surface area contributed by atoms with E-state index in [1.807, 2.05) is 48.2 Å². The molecule has 0 bridgehead atoms. The Kier molecular flexibility index (Phi) is 4.69. The van der Waals surface area contributed by atoms with Crippen LogP contribution in [0, 0.1) is 0 Å². The summed E-state index contributed by atoms with van der Waals surface area (Å²) in [5.41, 5.74) is 2.34. The normalized spacial score (nSPS) is 10.7. The number of nitrogens with zero attached hydrogens (tertiary/aromatic N) is 2. The molecule has 3 rings (SSSR count). The summed E-state index contributed by atoms with van der Waals surface area (Å²) in [6.07, 6.45) is 0.803. The van der Waals surface area contributed by atoms with E-state index in [1.165, 1.54) is 5.56 Å². The molecule has 2 aromatic carbocycles. The van der Waals surface area contributed by atoms with Crippen molar-refractivity contribution in [1.82, 2.24) is 10.1 Å². The number of thioether (sulfide) groups is 1. The van der Waals surface area contributed by atoms with Crippen molar-refractivity contribution in [3.05, 3.63) is 72.1 Å². The van der Waals surface area contributed by atoms with Gasteiger partial charge in [0.1, 0.15) is 0 Å². The molecule has 0 aliphatic rings. The molecule has 1 heterocycles. The van der Waals surface area contributed by atoms with Crippen molar-refractivity contribution >= 4 is 11.8 Å². The minimum absolute atomic E-state index is 0.665. The third-order valence-corrected chi connectivity index (χ3v) is 4.10. The second kappa shape index (κ2) is 7.09. The van der Waals surface area contributed by atoms with Gasteiger partial charge in [0.05, 0.1) is 0 Å². The van der Waals surface area contributed by atoms with E-state index in [1.54, 1.807) is 0 Å². The maximum atomic E-state index is 5.30. The van der Waals surface area contributed by atoms with Gasteiger partial charge in [0.15, 0.2) is 0 Å². The van der Waals surface area contributed by atoms with E-state index in [9.17, 15) is 0 Å². The Labute approximate surface area is 128 Å². The lowest BCUT2D eigenvalue weighted by molar-refractivity contribution is 0.383. The summed E-state index contributed by atoms with van der Waals surface area (Å²) in [5.74, 6) is 3.36. The molecule has 0 N–H and O–H groups in total. The molecule has 0 fully saturated rings. The molecule has 0 atom stereocenters. The van der Waals surface area contributed by atoms with Gasteiger partial charge >= 0.3 is 0 Å². The number of hydrogen-bond donors (Lipinski definition) is 0. The van der Waals surface area contributed by atoms with Crippen LogP contribution in [0.4, 0.5) is 0 Å². The standard InChI is InChI=1S/C17H16N2OS/c1-3-7-14(8-4-1)13-21-12-11-16-18-17(19-20-16)15-9-5-2-6-10-15/h1-10H,11-13H2. The topological polar surface area (TPSA) is 38.9 Å². The predicted octanol–water partition coefficient (Wildman–Crippen LogP) is 4.21. The average Bonchev–Trinajstić information content (AvgIpc) is 3.02. The van der Waals surface area contributed by atoms with Gasteiger partial charge in [0.2, 0.25) is 11.7 Å². The Bertz CT molecular complexity index is 668. The van der Waals surface area contributed by atoms with Crippen LogP contribution in [0.5, 0.6) is 0 Å². The molecule has 0 radical (unpaired) electrons. The number of hydrogen-bond acceptors (Lipinski definition) is 4. The largest absolute Gasteiger partial charge is 0.339 e. The highest BCUT2D eigenvalue weighted by molar-refractivity contribution is 7.98. The van der Waals surface area contributed by atoms with Crippen LogP contribution in [0.1, 0.15) is 11.5 Å². The molecule has 4 heteroatoms. The summed E-state index contributed by atoms with van der Waals surface area (Å²) < 4.78 is 5.30. The van der Waals surface area contributed by atoms with Crippen LogP contribution in [0.3, 0.4) is 0 Å². The van der Waals surface area contributed by atoms with Gasteiger partial charge in [-0.25, -0.2) is 0 Å². The number of rotatable bonds is 6. The Balaban J connectivity index is 1.49. The van der Waals surface area contributed by atoms with Crippen LogP contribution in [-0.2, 0) is 12.2 Å². The van der Waals surface area contributed by atoms with E-state index in [2.05, 4.69) is 34.4 Å². The Morgan fingerprint density at radius 3 is 2.38 bits per heavy atom. The zero-order valence-electron chi connectivity index (χ0n) is 11.6. The highest BCUT2D eigenvalue weighted by Crippen LogP contribution is 2.17. The molecule has 21 heavy (non-hydrogen) atoms. The highest BCUT2D eigenvalue weighted by Gasteiger charge is 2.07. The Morgan fingerprint density at radius 1 is 0.905 bits per heavy atom. The van der Waals surface area contributed by atoms with Crippen molar-refractivity contribution in [2.45, 2.75) is 12.2 Å². The minimum atomic E-state index is 0.665. The van der Waals surface area contributed by atoms with Crippen molar-refractivity contribution in [3.63, 3.8) is 0 Å². The first kappa shape index (κ1) is 13.9. The van der Waals surface area contributed by atoms with Crippen LogP contribution < -0.4 is 0 Å². The molecule has 3 aromatic rings. The van der Waals surface area contributed by atoms with Gasteiger partial charge in [-0.1, -0.05) is 65.8 Å². The van der Waals surface area contributed by atoms with Gasteiger partial charge in [-0.05, 0) is 5.56 Å². The number of aromatic nitrogens is 2. The fraction of sp³-hybridized carbons (Fsp3) is 0.176. The third-order valence-electron chi connectivity index (χ3n) is 3.07. The van der Waals surface area contributed by atoms with Crippen molar-refractivity contribution in [1.29, 1.82) is 0 Å². The van der Waals surface area contributed by atoms with E-state index in [4.69, 9.17) is 4.52 Å². The number of aryl methyl sites for hydroxylation is 1. The lowest BCUT2D eigenvalue weighted by Gasteiger charge is -1.99. The lowest BCUT2D eigenvalue weighted by Crippen LogP contribution is -1.90. The lowest BCUT2D eigenvalue weighted by atomic mass is 10.2. The third kappa shape index (κ3) is 3.95. The first-order valence-electron chi connectivity index (χ1n) is 6.91. The van der Waals surface area contributed by atoms with Crippen LogP contribution >= 0.6 is 11.8 Å². The summed E-state index contributed by atoms with van der Waals surface area (Å²) in [5, 5.41) is 4.03. The molecule has 0 unspecified atom stereocenters. The van der Waals surface area contributed by atoms with Crippen molar-refractivity contribution < 1.29 is 4.52 Å². The fourth-order valence-electron chi connectivity index (χ4n) is 1.98. The van der Waals surface area contributed by atoms with E-state index in [0.29, 0.717) is 11.7 Å². The summed E-state index contributed by atoms with van der Waals surface area (Å²) in [6, 6.07) is 20.4. The van der Waals surface area contributed by atoms with Crippen molar-refractivity contribution in [3.8, 4) is 11.4 Å². The molecular weight excluding hydrogens is 280 g/mol. The average molecular weight is 296 g/mol. The summed E-state index contributed by atoms with van der Waals surface area (Å²) >= 11 is 1.88. The zero-order valence-corrected chi connectivity index (χ0v) is 12.4. The maximum absolute atomic E-state index is 5.30. The molecular formula is C17H16N2OS. The monoisotopic (exact) mass is 296 g/mol. The Hall–Kier alpha value is -2.07. The van der Waals surface area contributed by atoms with Gasteiger partial charge in [0.25, 0.3) is 0 Å². The Morgan fingerprint density at radius 2 is 1.62 bits per heavy atom. The predicted molar refractivity (Wildman–Crippen MR) is 86.0 cm³/mol. The molecule has 0 saturated carbocycles. The van der Waals surface area contributed by atoms with Crippen molar-refractivity contribution in [2.24, 2.45) is 0 Å². The van der Waals surface area contributed by atoms with E-state index in [-0.39, 0.29) is 0 Å². The van der Waals surface area contributed by atoms with Crippen LogP contribution in [0.15, 0.2) is 65.2 Å². The summed E-state index contributed by atoms with van der Waals surface area (Å²) in [7, 11) is 0. The van der Waals surface area contributed by atoms with Crippen LogP contribution in [0.25, 0.3) is 11.4 Å². The molecule has 0 saturated heterocycles. The van der Waals surface area contributed by atoms with Gasteiger partial charge in [-0.15, -0.1) is 0 Å². The molecule has 106 valence electrons. The van der Waals surface area contributed by atoms with Gasteiger partial charge in [-0.2, -0.15) is 16.7 Å². The van der Waals surface area contributed by atoms with Gasteiger partial charge < -0.3 is 4.52 Å². The number of benzene rings is 2. The first-order valence-corrected chi connectivity index (χ1v) is 8.07.